The third-order valence-electron chi connectivity index (χ3n) is 4.08. The van der Waals surface area contributed by atoms with Gasteiger partial charge >= 0.3 is 12.1 Å². The highest BCUT2D eigenvalue weighted by molar-refractivity contribution is 9.10. The van der Waals surface area contributed by atoms with Crippen molar-refractivity contribution < 1.29 is 35.5 Å². The third kappa shape index (κ3) is 4.49. The van der Waals surface area contributed by atoms with Crippen molar-refractivity contribution in [2.75, 3.05) is 6.61 Å². The number of hydrogen-bond donors (Lipinski definition) is 1. The second-order valence-electron chi connectivity index (χ2n) is 6.08. The highest BCUT2D eigenvalue weighted by Gasteiger charge is 2.58. The highest BCUT2D eigenvalue weighted by Crippen LogP contribution is 2.36. The van der Waals surface area contributed by atoms with Gasteiger partial charge in [-0.2, -0.15) is 22.0 Å². The van der Waals surface area contributed by atoms with Gasteiger partial charge in [0.25, 0.3) is 6.01 Å². The van der Waals surface area contributed by atoms with Gasteiger partial charge in [0.15, 0.2) is 11.6 Å². The highest BCUT2D eigenvalue weighted by atomic mass is 79.9. The predicted octanol–water partition coefficient (Wildman–Crippen LogP) is 4.87. The summed E-state index contributed by atoms with van der Waals surface area (Å²) >= 11 is 6.06. The van der Waals surface area contributed by atoms with Crippen molar-refractivity contribution in [1.82, 2.24) is 18.9 Å². The molecule has 3 aromatic heterocycles. The smallest absolute Gasteiger partial charge is 0.456 e. The van der Waals surface area contributed by atoms with Crippen molar-refractivity contribution in [2.24, 2.45) is 0 Å². The lowest BCUT2D eigenvalue weighted by Gasteiger charge is -2.20. The normalized spacial score (nSPS) is 13.5. The number of pyridine rings is 1. The van der Waals surface area contributed by atoms with Crippen LogP contribution in [0.4, 0.5) is 22.0 Å². The second kappa shape index (κ2) is 8.52. The van der Waals surface area contributed by atoms with Gasteiger partial charge in [0.05, 0.1) is 5.56 Å². The van der Waals surface area contributed by atoms with Gasteiger partial charge < -0.3 is 9.29 Å². The molecule has 0 spiro atoms. The Balaban J connectivity index is 2.10. The average Bonchev–Trinajstić information content (AvgIpc) is 3.03. The number of rotatable bonds is 6. The Morgan fingerprint density at radius 3 is 2.55 bits per heavy atom. The molecule has 0 aliphatic rings. The van der Waals surface area contributed by atoms with Crippen molar-refractivity contribution in [3.8, 4) is 17.3 Å². The molecule has 168 valence electrons. The van der Waals surface area contributed by atoms with Crippen LogP contribution in [-0.4, -0.2) is 46.4 Å². The van der Waals surface area contributed by atoms with Gasteiger partial charge in [0, 0.05) is 23.4 Å². The van der Waals surface area contributed by atoms with Crippen molar-refractivity contribution in [3.63, 3.8) is 0 Å². The van der Waals surface area contributed by atoms with Crippen molar-refractivity contribution in [2.45, 2.75) is 30.6 Å². The summed E-state index contributed by atoms with van der Waals surface area (Å²) in [6, 6.07) is 2.68. The van der Waals surface area contributed by atoms with E-state index in [4.69, 9.17) is 12.2 Å². The molecule has 0 saturated carbocycles. The number of ether oxygens (including phenoxy) is 1. The molecule has 0 aliphatic heterocycles. The standard InChI is InChI=1S/C16H12BrF5N4O3S2/c1-2-25-12(30)9(5-23-14(25)29-7-15(18,19)16(20,21)22)11-13(31(27)28)26-6-8(17)3-4-10(26)24-11/h3-6H,2,7H2,1H3,(H,27,28). The molecule has 1 unspecified atom stereocenters. The second-order valence-corrected chi connectivity index (χ2v) is 8.27. The molecule has 3 rings (SSSR count). The molecule has 1 N–H and O–H groups in total. The Labute approximate surface area is 187 Å². The van der Waals surface area contributed by atoms with Crippen LogP contribution in [0.5, 0.6) is 6.01 Å². The minimum Gasteiger partial charge on any atom is -0.458 e. The topological polar surface area (TPSA) is 81.6 Å². The minimum atomic E-state index is -5.79. The van der Waals surface area contributed by atoms with E-state index in [1.807, 2.05) is 0 Å². The molecule has 7 nitrogen and oxygen atoms in total. The Morgan fingerprint density at radius 2 is 1.97 bits per heavy atom. The van der Waals surface area contributed by atoms with Gasteiger partial charge in [-0.1, -0.05) is 12.2 Å². The molecule has 1 atom stereocenters. The monoisotopic (exact) mass is 546 g/mol. The fourth-order valence-electron chi connectivity index (χ4n) is 2.61. The first-order valence-electron chi connectivity index (χ1n) is 8.33. The zero-order valence-electron chi connectivity index (χ0n) is 15.4. The maximum absolute atomic E-state index is 13.2. The molecule has 3 heterocycles. The molecule has 0 radical (unpaired) electrons. The van der Waals surface area contributed by atoms with E-state index in [9.17, 15) is 30.7 Å². The van der Waals surface area contributed by atoms with E-state index in [1.54, 1.807) is 19.1 Å². The molecule has 31 heavy (non-hydrogen) atoms. The van der Waals surface area contributed by atoms with Gasteiger partial charge in [-0.05, 0) is 35.0 Å². The summed E-state index contributed by atoms with van der Waals surface area (Å²) in [6.45, 7) is -0.420. The van der Waals surface area contributed by atoms with Crippen LogP contribution in [-0.2, 0) is 17.6 Å². The van der Waals surface area contributed by atoms with Gasteiger partial charge in [0.2, 0.25) is 11.1 Å². The number of halogens is 6. The predicted molar refractivity (Wildman–Crippen MR) is 106 cm³/mol. The first-order valence-corrected chi connectivity index (χ1v) is 10.6. The van der Waals surface area contributed by atoms with Crippen LogP contribution in [0.15, 0.2) is 34.0 Å². The van der Waals surface area contributed by atoms with E-state index in [2.05, 4.69) is 30.6 Å². The maximum atomic E-state index is 13.2. The molecular formula is C16H12BrF5N4O3S2. The van der Waals surface area contributed by atoms with Crippen LogP contribution in [0.3, 0.4) is 0 Å². The van der Waals surface area contributed by atoms with Crippen LogP contribution >= 0.6 is 28.1 Å². The molecule has 3 aromatic rings. The first kappa shape index (κ1) is 23.7. The molecule has 0 saturated heterocycles. The molecule has 0 aromatic carbocycles. The maximum Gasteiger partial charge on any atom is 0.456 e. The van der Waals surface area contributed by atoms with Crippen molar-refractivity contribution in [1.29, 1.82) is 0 Å². The number of fused-ring (bicyclic) bond motifs is 1. The van der Waals surface area contributed by atoms with Crippen molar-refractivity contribution >= 4 is 44.9 Å². The third-order valence-corrected chi connectivity index (χ3v) is 5.71. The molecule has 0 fully saturated rings. The van der Waals surface area contributed by atoms with E-state index >= 15 is 0 Å². The number of aromatic nitrogens is 4. The Hall–Kier alpha value is -1.97. The summed E-state index contributed by atoms with van der Waals surface area (Å²) in [4.78, 5) is 8.08. The average molecular weight is 547 g/mol. The van der Waals surface area contributed by atoms with Crippen LogP contribution < -0.4 is 4.74 Å². The van der Waals surface area contributed by atoms with Crippen LogP contribution in [0.25, 0.3) is 16.9 Å². The van der Waals surface area contributed by atoms with E-state index in [1.165, 1.54) is 10.6 Å². The summed E-state index contributed by atoms with van der Waals surface area (Å²) in [5.74, 6) is -5.09. The molecule has 0 amide bonds. The Bertz CT molecular complexity index is 1230. The van der Waals surface area contributed by atoms with Crippen molar-refractivity contribution in [3.05, 3.63) is 33.6 Å². The summed E-state index contributed by atoms with van der Waals surface area (Å²) in [5, 5.41) is -0.121. The van der Waals surface area contributed by atoms with Gasteiger partial charge in [-0.15, -0.1) is 0 Å². The Morgan fingerprint density at radius 1 is 1.29 bits per heavy atom. The fraction of sp³-hybridized carbons (Fsp3) is 0.312. The largest absolute Gasteiger partial charge is 0.458 e. The first-order chi connectivity index (χ1) is 14.4. The van der Waals surface area contributed by atoms with E-state index in [0.29, 0.717) is 10.1 Å². The summed E-state index contributed by atoms with van der Waals surface area (Å²) < 4.78 is 92.9. The quantitative estimate of drug-likeness (QED) is 0.270. The lowest BCUT2D eigenvalue weighted by atomic mass is 10.2. The SMILES string of the molecule is CCn1c(OCC(F)(F)C(F)(F)F)ncc(-c2nc3ccc(Br)cn3c2S(=O)O)c1=S. The number of hydrogen-bond acceptors (Lipinski definition) is 5. The zero-order chi connectivity index (χ0) is 23.1. The van der Waals surface area contributed by atoms with Gasteiger partial charge in [-0.3, -0.25) is 8.97 Å². The minimum absolute atomic E-state index is 0.00537. The lowest BCUT2D eigenvalue weighted by Crippen LogP contribution is -2.42. The number of nitrogens with zero attached hydrogens (tertiary/aromatic N) is 4. The molecule has 0 aliphatic carbocycles. The van der Waals surface area contributed by atoms with E-state index in [0.717, 1.165) is 10.8 Å². The fourth-order valence-corrected chi connectivity index (χ4v) is 3.94. The molecule has 15 heteroatoms. The van der Waals surface area contributed by atoms with Gasteiger partial charge in [-0.25, -0.2) is 14.2 Å². The van der Waals surface area contributed by atoms with Crippen LogP contribution in [0.1, 0.15) is 6.92 Å². The van der Waals surface area contributed by atoms with E-state index < -0.39 is 35.8 Å². The molecular weight excluding hydrogens is 535 g/mol. The summed E-state index contributed by atoms with van der Waals surface area (Å²) in [6.07, 6.45) is -3.23. The summed E-state index contributed by atoms with van der Waals surface area (Å²) in [5.41, 5.74) is 0.424. The summed E-state index contributed by atoms with van der Waals surface area (Å²) in [7, 11) is 0. The molecule has 0 bridgehead atoms. The number of alkyl halides is 5. The number of imidazole rings is 1. The Kier molecular flexibility index (Phi) is 6.51. The van der Waals surface area contributed by atoms with Crippen LogP contribution in [0, 0.1) is 4.64 Å². The van der Waals surface area contributed by atoms with Gasteiger partial charge in [0.1, 0.15) is 16.0 Å². The lowest BCUT2D eigenvalue weighted by molar-refractivity contribution is -0.290. The van der Waals surface area contributed by atoms with E-state index in [-0.39, 0.29) is 27.5 Å². The van der Waals surface area contributed by atoms with Crippen LogP contribution in [0.2, 0.25) is 0 Å². The zero-order valence-corrected chi connectivity index (χ0v) is 18.6.